The van der Waals surface area contributed by atoms with Gasteiger partial charge in [0, 0.05) is 6.20 Å². The van der Waals surface area contributed by atoms with Crippen LogP contribution in [-0.4, -0.2) is 16.7 Å². The highest BCUT2D eigenvalue weighted by atomic mass is 15.1. The number of nitrogens with one attached hydrogen (secondary N) is 1. The topological polar surface area (TPSA) is 37.8 Å². The summed E-state index contributed by atoms with van der Waals surface area (Å²) in [6, 6.07) is 11.1. The van der Waals surface area contributed by atoms with Gasteiger partial charge >= 0.3 is 0 Å². The highest BCUT2D eigenvalue weighted by Gasteiger charge is 2.14. The number of hydrogen-bond acceptors (Lipinski definition) is 3. The second-order valence-electron chi connectivity index (χ2n) is 5.91. The van der Waals surface area contributed by atoms with Crippen LogP contribution in [0.25, 0.3) is 0 Å². The van der Waals surface area contributed by atoms with Crippen LogP contribution in [0.4, 0.5) is 0 Å². The van der Waals surface area contributed by atoms with Crippen LogP contribution in [-0.2, 0) is 6.42 Å². The normalized spacial score (nSPS) is 12.6. The van der Waals surface area contributed by atoms with Crippen LogP contribution in [0.1, 0.15) is 49.9 Å². The zero-order valence-corrected chi connectivity index (χ0v) is 13.2. The van der Waals surface area contributed by atoms with Gasteiger partial charge in [-0.25, -0.2) is 0 Å². The van der Waals surface area contributed by atoms with Gasteiger partial charge in [0.25, 0.3) is 0 Å². The minimum absolute atomic E-state index is 0.188. The van der Waals surface area contributed by atoms with Gasteiger partial charge in [-0.3, -0.25) is 0 Å². The van der Waals surface area contributed by atoms with Crippen molar-refractivity contribution in [2.45, 2.75) is 39.7 Å². The molecule has 1 unspecified atom stereocenters. The summed E-state index contributed by atoms with van der Waals surface area (Å²) in [7, 11) is 0. The molecule has 1 heterocycles. The zero-order chi connectivity index (χ0) is 15.1. The van der Waals surface area contributed by atoms with Gasteiger partial charge in [0.1, 0.15) is 0 Å². The maximum absolute atomic E-state index is 4.02. The molecule has 0 saturated carbocycles. The SMILES string of the molecule is CCCNC(c1ccnnc1)c1cccc(CC(C)C)c1. The Kier molecular flexibility index (Phi) is 5.88. The second-order valence-corrected chi connectivity index (χ2v) is 5.91. The standard InChI is InChI=1S/C18H25N3/c1-4-9-19-18(17-8-10-20-21-13-17)16-7-5-6-15(12-16)11-14(2)3/h5-8,10,12-14,18-19H,4,9,11H2,1-3H3. The Morgan fingerprint density at radius 2 is 1.95 bits per heavy atom. The van der Waals surface area contributed by atoms with Gasteiger partial charge in [0.2, 0.25) is 0 Å². The molecule has 0 aliphatic carbocycles. The van der Waals surface area contributed by atoms with Crippen LogP contribution < -0.4 is 5.32 Å². The van der Waals surface area contributed by atoms with E-state index in [1.54, 1.807) is 6.20 Å². The predicted octanol–water partition coefficient (Wildman–Crippen LogP) is 3.76. The van der Waals surface area contributed by atoms with Gasteiger partial charge in [-0.2, -0.15) is 10.2 Å². The Balaban J connectivity index is 2.28. The largest absolute Gasteiger partial charge is 0.306 e. The van der Waals surface area contributed by atoms with E-state index in [0.717, 1.165) is 19.4 Å². The molecule has 1 aromatic carbocycles. The first-order valence-electron chi connectivity index (χ1n) is 7.79. The zero-order valence-electron chi connectivity index (χ0n) is 13.2. The van der Waals surface area contributed by atoms with E-state index < -0.39 is 0 Å². The Hall–Kier alpha value is -1.74. The summed E-state index contributed by atoms with van der Waals surface area (Å²) in [5, 5.41) is 11.5. The molecule has 1 atom stereocenters. The first kappa shape index (κ1) is 15.6. The summed E-state index contributed by atoms with van der Waals surface area (Å²) in [4.78, 5) is 0. The number of rotatable bonds is 7. The number of aromatic nitrogens is 2. The Labute approximate surface area is 127 Å². The molecule has 2 rings (SSSR count). The predicted molar refractivity (Wildman–Crippen MR) is 87.2 cm³/mol. The van der Waals surface area contributed by atoms with E-state index in [2.05, 4.69) is 60.6 Å². The Morgan fingerprint density at radius 3 is 2.62 bits per heavy atom. The molecule has 1 aromatic heterocycles. The fourth-order valence-electron chi connectivity index (χ4n) is 2.56. The maximum atomic E-state index is 4.02. The van der Waals surface area contributed by atoms with Gasteiger partial charge in [-0.05, 0) is 48.1 Å². The molecule has 0 aliphatic rings. The van der Waals surface area contributed by atoms with E-state index >= 15 is 0 Å². The lowest BCUT2D eigenvalue weighted by Crippen LogP contribution is -2.23. The van der Waals surface area contributed by atoms with Crippen molar-refractivity contribution < 1.29 is 0 Å². The molecule has 3 nitrogen and oxygen atoms in total. The van der Waals surface area contributed by atoms with Gasteiger partial charge in [0.15, 0.2) is 0 Å². The first-order chi connectivity index (χ1) is 10.2. The Bertz CT molecular complexity index is 537. The summed E-state index contributed by atoms with van der Waals surface area (Å²) in [5.41, 5.74) is 3.86. The average Bonchev–Trinajstić information content (AvgIpc) is 2.48. The molecule has 0 aliphatic heterocycles. The van der Waals surface area contributed by atoms with Crippen molar-refractivity contribution in [3.8, 4) is 0 Å². The molecule has 0 radical (unpaired) electrons. The molecule has 0 bridgehead atoms. The summed E-state index contributed by atoms with van der Waals surface area (Å²) in [5.74, 6) is 0.671. The summed E-state index contributed by atoms with van der Waals surface area (Å²) >= 11 is 0. The first-order valence-corrected chi connectivity index (χ1v) is 7.79. The van der Waals surface area contributed by atoms with Gasteiger partial charge < -0.3 is 5.32 Å². The van der Waals surface area contributed by atoms with Crippen molar-refractivity contribution in [3.05, 3.63) is 59.4 Å². The summed E-state index contributed by atoms with van der Waals surface area (Å²) in [6.07, 6.45) is 5.83. The fraction of sp³-hybridized carbons (Fsp3) is 0.444. The highest BCUT2D eigenvalue weighted by molar-refractivity contribution is 5.33. The van der Waals surface area contributed by atoms with E-state index in [9.17, 15) is 0 Å². The van der Waals surface area contributed by atoms with Crippen LogP contribution >= 0.6 is 0 Å². The quantitative estimate of drug-likeness (QED) is 0.840. The number of nitrogens with zero attached hydrogens (tertiary/aromatic N) is 2. The molecule has 0 saturated heterocycles. The molecule has 3 heteroatoms. The third-order valence-corrected chi connectivity index (χ3v) is 3.47. The van der Waals surface area contributed by atoms with E-state index in [4.69, 9.17) is 0 Å². The van der Waals surface area contributed by atoms with Crippen LogP contribution in [0, 0.1) is 5.92 Å². The van der Waals surface area contributed by atoms with Crippen molar-refractivity contribution in [2.75, 3.05) is 6.54 Å². The van der Waals surface area contributed by atoms with E-state index in [1.807, 2.05) is 12.3 Å². The lowest BCUT2D eigenvalue weighted by atomic mass is 9.95. The van der Waals surface area contributed by atoms with Gasteiger partial charge in [0.05, 0.1) is 12.2 Å². The molecule has 0 spiro atoms. The molecule has 112 valence electrons. The monoisotopic (exact) mass is 283 g/mol. The third kappa shape index (κ3) is 4.64. The lowest BCUT2D eigenvalue weighted by molar-refractivity contribution is 0.593. The van der Waals surface area contributed by atoms with Crippen molar-refractivity contribution >= 4 is 0 Å². The number of hydrogen-bond donors (Lipinski definition) is 1. The van der Waals surface area contributed by atoms with Gasteiger partial charge in [-0.15, -0.1) is 0 Å². The molecule has 2 aromatic rings. The van der Waals surface area contributed by atoms with Crippen LogP contribution in [0.5, 0.6) is 0 Å². The van der Waals surface area contributed by atoms with E-state index in [1.165, 1.54) is 16.7 Å². The molecule has 21 heavy (non-hydrogen) atoms. The molecular weight excluding hydrogens is 258 g/mol. The molecule has 1 N–H and O–H groups in total. The minimum Gasteiger partial charge on any atom is -0.306 e. The van der Waals surface area contributed by atoms with E-state index in [-0.39, 0.29) is 6.04 Å². The molecule has 0 fully saturated rings. The molecular formula is C18H25N3. The van der Waals surface area contributed by atoms with Crippen molar-refractivity contribution in [1.29, 1.82) is 0 Å². The van der Waals surface area contributed by atoms with Crippen molar-refractivity contribution in [2.24, 2.45) is 5.92 Å². The van der Waals surface area contributed by atoms with Crippen LogP contribution in [0.3, 0.4) is 0 Å². The number of benzene rings is 1. The lowest BCUT2D eigenvalue weighted by Gasteiger charge is -2.20. The van der Waals surface area contributed by atoms with Crippen LogP contribution in [0.15, 0.2) is 42.7 Å². The highest BCUT2D eigenvalue weighted by Crippen LogP contribution is 2.23. The Morgan fingerprint density at radius 1 is 1.10 bits per heavy atom. The second kappa shape index (κ2) is 7.89. The van der Waals surface area contributed by atoms with E-state index in [0.29, 0.717) is 5.92 Å². The van der Waals surface area contributed by atoms with Gasteiger partial charge in [-0.1, -0.05) is 45.0 Å². The third-order valence-electron chi connectivity index (χ3n) is 3.47. The molecule has 0 amide bonds. The smallest absolute Gasteiger partial charge is 0.0593 e. The van der Waals surface area contributed by atoms with Crippen LogP contribution in [0.2, 0.25) is 0 Å². The maximum Gasteiger partial charge on any atom is 0.0593 e. The minimum atomic E-state index is 0.188. The fourth-order valence-corrected chi connectivity index (χ4v) is 2.56. The van der Waals surface area contributed by atoms with Crippen molar-refractivity contribution in [1.82, 2.24) is 15.5 Å². The average molecular weight is 283 g/mol. The summed E-state index contributed by atoms with van der Waals surface area (Å²) in [6.45, 7) is 7.68. The summed E-state index contributed by atoms with van der Waals surface area (Å²) < 4.78 is 0. The van der Waals surface area contributed by atoms with Crippen molar-refractivity contribution in [3.63, 3.8) is 0 Å².